The highest BCUT2D eigenvalue weighted by molar-refractivity contribution is 5.80. The molecule has 0 saturated carbocycles. The Morgan fingerprint density at radius 2 is 2.11 bits per heavy atom. The minimum Gasteiger partial charge on any atom is -0.334 e. The Morgan fingerprint density at radius 1 is 1.22 bits per heavy atom. The summed E-state index contributed by atoms with van der Waals surface area (Å²) in [6.45, 7) is 7.66. The fourth-order valence-corrected chi connectivity index (χ4v) is 4.26. The summed E-state index contributed by atoms with van der Waals surface area (Å²) in [5, 5.41) is 4.32. The van der Waals surface area contributed by atoms with Gasteiger partial charge in [0.2, 0.25) is 5.91 Å². The van der Waals surface area contributed by atoms with Gasteiger partial charge >= 0.3 is 0 Å². The van der Waals surface area contributed by atoms with Gasteiger partial charge in [0, 0.05) is 44.6 Å². The molecule has 0 aliphatic carbocycles. The van der Waals surface area contributed by atoms with Crippen LogP contribution in [0.25, 0.3) is 5.69 Å². The number of hydrogen-bond donors (Lipinski definition) is 0. The van der Waals surface area contributed by atoms with Crippen LogP contribution in [0.15, 0.2) is 54.4 Å². The van der Waals surface area contributed by atoms with Gasteiger partial charge in [0.05, 0.1) is 11.6 Å². The molecule has 2 bridgehead atoms. The lowest BCUT2D eigenvalue weighted by atomic mass is 9.94. The molecule has 27 heavy (non-hydrogen) atoms. The zero-order valence-corrected chi connectivity index (χ0v) is 16.2. The Bertz CT molecular complexity index is 823. The van der Waals surface area contributed by atoms with Crippen LogP contribution in [0.5, 0.6) is 0 Å². The van der Waals surface area contributed by atoms with Crippen molar-refractivity contribution in [2.75, 3.05) is 19.6 Å². The van der Waals surface area contributed by atoms with Crippen LogP contribution in [0.1, 0.15) is 32.3 Å². The lowest BCUT2D eigenvalue weighted by molar-refractivity contribution is -0.139. The summed E-state index contributed by atoms with van der Waals surface area (Å²) in [5.41, 5.74) is 3.62. The van der Waals surface area contributed by atoms with E-state index in [0.29, 0.717) is 11.9 Å². The van der Waals surface area contributed by atoms with Gasteiger partial charge in [0.25, 0.3) is 0 Å². The molecule has 2 aromatic rings. The molecule has 5 heteroatoms. The number of piperidine rings is 1. The van der Waals surface area contributed by atoms with Crippen LogP contribution in [0.3, 0.4) is 0 Å². The molecule has 0 N–H and O–H groups in total. The number of benzene rings is 1. The molecule has 1 aromatic carbocycles. The van der Waals surface area contributed by atoms with Crippen molar-refractivity contribution in [3.05, 3.63) is 59.9 Å². The average molecular weight is 364 g/mol. The molecule has 2 atom stereocenters. The zero-order valence-electron chi connectivity index (χ0n) is 16.2. The molecule has 142 valence electrons. The first-order valence-electron chi connectivity index (χ1n) is 9.85. The van der Waals surface area contributed by atoms with E-state index in [9.17, 15) is 4.79 Å². The first-order valence-corrected chi connectivity index (χ1v) is 9.85. The van der Waals surface area contributed by atoms with Crippen LogP contribution in [0.4, 0.5) is 0 Å². The Morgan fingerprint density at radius 3 is 2.89 bits per heavy atom. The summed E-state index contributed by atoms with van der Waals surface area (Å²) in [6, 6.07) is 10.8. The van der Waals surface area contributed by atoms with E-state index in [0.717, 1.165) is 44.7 Å². The predicted octanol–water partition coefficient (Wildman–Crippen LogP) is 3.26. The van der Waals surface area contributed by atoms with Gasteiger partial charge in [-0.25, -0.2) is 4.68 Å². The molecule has 5 rings (SSSR count). The highest BCUT2D eigenvalue weighted by Gasteiger charge is 2.39. The van der Waals surface area contributed by atoms with Crippen molar-refractivity contribution in [2.45, 2.75) is 39.3 Å². The van der Waals surface area contributed by atoms with E-state index < -0.39 is 0 Å². The minimum absolute atomic E-state index is 0.142. The molecule has 5 nitrogen and oxygen atoms in total. The number of allylic oxidation sites excluding steroid dienone is 1. The van der Waals surface area contributed by atoms with E-state index in [-0.39, 0.29) is 5.92 Å². The summed E-state index contributed by atoms with van der Waals surface area (Å²) < 4.78 is 1.89. The number of nitrogens with zero attached hydrogens (tertiary/aromatic N) is 4. The quantitative estimate of drug-likeness (QED) is 0.765. The van der Waals surface area contributed by atoms with Crippen LogP contribution in [0.2, 0.25) is 0 Å². The Balaban J connectivity index is 1.49. The van der Waals surface area contributed by atoms with E-state index in [1.807, 2.05) is 16.9 Å². The van der Waals surface area contributed by atoms with Crippen molar-refractivity contribution in [3.8, 4) is 5.69 Å². The Labute approximate surface area is 161 Å². The smallest absolute Gasteiger partial charge is 0.227 e. The second kappa shape index (κ2) is 7.69. The lowest BCUT2D eigenvalue weighted by Crippen LogP contribution is -2.47. The Hall–Kier alpha value is -2.40. The second-order valence-corrected chi connectivity index (χ2v) is 8.01. The topological polar surface area (TPSA) is 41.4 Å². The van der Waals surface area contributed by atoms with Crippen molar-refractivity contribution < 1.29 is 4.79 Å². The molecule has 1 amide bonds. The SMILES string of the molecule is CC(C)=CCN1C(=O)[C@H]2CC[C@@H]1CN(Cc1cccc(-n3cccn3)c1)C2. The van der Waals surface area contributed by atoms with Crippen molar-refractivity contribution in [3.63, 3.8) is 0 Å². The van der Waals surface area contributed by atoms with Crippen LogP contribution >= 0.6 is 0 Å². The maximum absolute atomic E-state index is 12.9. The van der Waals surface area contributed by atoms with Gasteiger partial charge in [-0.3, -0.25) is 9.69 Å². The average Bonchev–Trinajstić information content (AvgIpc) is 3.07. The van der Waals surface area contributed by atoms with Crippen molar-refractivity contribution >= 4 is 5.91 Å². The number of carbonyl (C=O) groups is 1. The highest BCUT2D eigenvalue weighted by atomic mass is 16.2. The third-order valence-electron chi connectivity index (χ3n) is 5.65. The van der Waals surface area contributed by atoms with Gasteiger partial charge in [-0.2, -0.15) is 5.10 Å². The van der Waals surface area contributed by atoms with Crippen molar-refractivity contribution in [1.82, 2.24) is 19.6 Å². The number of aromatic nitrogens is 2. The first kappa shape index (κ1) is 18.0. The second-order valence-electron chi connectivity index (χ2n) is 8.01. The monoisotopic (exact) mass is 364 g/mol. The van der Waals surface area contributed by atoms with Gasteiger partial charge in [-0.05, 0) is 50.5 Å². The molecule has 0 spiro atoms. The first-order chi connectivity index (χ1) is 13.1. The van der Waals surface area contributed by atoms with Gasteiger partial charge in [-0.15, -0.1) is 0 Å². The van der Waals surface area contributed by atoms with Gasteiger partial charge in [0.15, 0.2) is 0 Å². The predicted molar refractivity (Wildman–Crippen MR) is 106 cm³/mol. The molecular formula is C22H28N4O. The largest absolute Gasteiger partial charge is 0.334 e. The molecule has 4 heterocycles. The zero-order chi connectivity index (χ0) is 18.8. The van der Waals surface area contributed by atoms with Crippen LogP contribution in [-0.4, -0.2) is 51.2 Å². The maximum Gasteiger partial charge on any atom is 0.227 e. The highest BCUT2D eigenvalue weighted by Crippen LogP contribution is 2.30. The number of amides is 1. The van der Waals surface area contributed by atoms with Crippen LogP contribution in [-0.2, 0) is 11.3 Å². The number of fused-ring (bicyclic) bond motifs is 4. The van der Waals surface area contributed by atoms with Crippen molar-refractivity contribution in [2.24, 2.45) is 5.92 Å². The fourth-order valence-electron chi connectivity index (χ4n) is 4.26. The van der Waals surface area contributed by atoms with E-state index in [4.69, 9.17) is 0 Å². The van der Waals surface area contributed by atoms with Gasteiger partial charge < -0.3 is 4.90 Å². The molecule has 3 aliphatic rings. The third kappa shape index (κ3) is 3.98. The molecule has 0 unspecified atom stereocenters. The number of hydrogen-bond acceptors (Lipinski definition) is 3. The van der Waals surface area contributed by atoms with E-state index >= 15 is 0 Å². The fraction of sp³-hybridized carbons (Fsp3) is 0.455. The molecule has 0 radical (unpaired) electrons. The van der Waals surface area contributed by atoms with E-state index in [1.165, 1.54) is 11.1 Å². The van der Waals surface area contributed by atoms with Gasteiger partial charge in [-0.1, -0.05) is 23.8 Å². The normalized spacial score (nSPS) is 22.7. The lowest BCUT2D eigenvalue weighted by Gasteiger charge is -2.35. The van der Waals surface area contributed by atoms with Crippen LogP contribution < -0.4 is 0 Å². The molecule has 3 saturated heterocycles. The minimum atomic E-state index is 0.142. The molecule has 1 aromatic heterocycles. The van der Waals surface area contributed by atoms with Crippen LogP contribution in [0, 0.1) is 5.92 Å². The summed E-state index contributed by atoms with van der Waals surface area (Å²) in [7, 11) is 0. The Kier molecular flexibility index (Phi) is 5.12. The summed E-state index contributed by atoms with van der Waals surface area (Å²) in [4.78, 5) is 17.5. The van der Waals surface area contributed by atoms with Gasteiger partial charge in [0.1, 0.15) is 0 Å². The molecule has 3 fully saturated rings. The summed E-state index contributed by atoms with van der Waals surface area (Å²) >= 11 is 0. The van der Waals surface area contributed by atoms with E-state index in [1.54, 1.807) is 6.20 Å². The number of carbonyl (C=O) groups excluding carboxylic acids is 1. The number of rotatable bonds is 5. The summed E-state index contributed by atoms with van der Waals surface area (Å²) in [5.74, 6) is 0.486. The van der Waals surface area contributed by atoms with E-state index in [2.05, 4.69) is 59.1 Å². The van der Waals surface area contributed by atoms with Crippen molar-refractivity contribution in [1.29, 1.82) is 0 Å². The molecule has 3 aliphatic heterocycles. The maximum atomic E-state index is 12.9. The standard InChI is InChI=1S/C22H28N4O/c1-17(2)9-12-25-21-8-7-19(22(25)27)15-24(16-21)14-18-5-3-6-20(13-18)26-11-4-10-23-26/h3-6,9-11,13,19,21H,7-8,12,14-16H2,1-2H3/t19-,21+/m0/s1. The molecular weight excluding hydrogens is 336 g/mol. The summed E-state index contributed by atoms with van der Waals surface area (Å²) in [6.07, 6.45) is 8.09. The third-order valence-corrected chi connectivity index (χ3v) is 5.65.